The van der Waals surface area contributed by atoms with Crippen LogP contribution in [0.25, 0.3) is 11.3 Å². The minimum atomic E-state index is -5.00. The van der Waals surface area contributed by atoms with Crippen molar-refractivity contribution in [1.82, 2.24) is 4.57 Å². The summed E-state index contributed by atoms with van der Waals surface area (Å²) in [4.78, 5) is 11.9. The number of halogens is 6. The van der Waals surface area contributed by atoms with E-state index in [1.165, 1.54) is 42.9 Å². The second kappa shape index (κ2) is 8.49. The van der Waals surface area contributed by atoms with E-state index < -0.39 is 44.1 Å². The predicted molar refractivity (Wildman–Crippen MR) is 113 cm³/mol. The van der Waals surface area contributed by atoms with Gasteiger partial charge in [-0.2, -0.15) is 26.3 Å². The van der Waals surface area contributed by atoms with Crippen molar-refractivity contribution in [3.63, 3.8) is 0 Å². The van der Waals surface area contributed by atoms with E-state index in [0.717, 1.165) is 18.2 Å². The first kappa shape index (κ1) is 25.3. The highest BCUT2D eigenvalue weighted by molar-refractivity contribution is 7.90. The zero-order valence-corrected chi connectivity index (χ0v) is 18.8. The minimum Gasteiger partial charge on any atom is -0.350 e. The molecule has 0 aliphatic rings. The van der Waals surface area contributed by atoms with Gasteiger partial charge in [-0.1, -0.05) is 18.2 Å². The van der Waals surface area contributed by atoms with Gasteiger partial charge in [0.15, 0.2) is 9.84 Å². The average Bonchev–Trinajstić information content (AvgIpc) is 3.00. The van der Waals surface area contributed by atoms with Crippen LogP contribution in [0, 0.1) is 6.92 Å². The molecule has 1 amide bonds. The zero-order valence-electron chi connectivity index (χ0n) is 18.0. The van der Waals surface area contributed by atoms with E-state index in [9.17, 15) is 39.6 Å². The van der Waals surface area contributed by atoms with E-state index in [2.05, 4.69) is 5.32 Å². The molecule has 0 aliphatic heterocycles. The molecule has 0 atom stereocenters. The number of alkyl halides is 6. The minimum absolute atomic E-state index is 0.0600. The Morgan fingerprint density at radius 3 is 2.09 bits per heavy atom. The fourth-order valence-electron chi connectivity index (χ4n) is 3.66. The summed E-state index contributed by atoms with van der Waals surface area (Å²) in [6, 6.07) is 7.04. The smallest absolute Gasteiger partial charge is 0.350 e. The van der Waals surface area contributed by atoms with Gasteiger partial charge in [0.1, 0.15) is 0 Å². The van der Waals surface area contributed by atoms with E-state index in [1.807, 2.05) is 0 Å². The van der Waals surface area contributed by atoms with Crippen LogP contribution in [-0.4, -0.2) is 25.1 Å². The maximum absolute atomic E-state index is 13.5. The molecule has 0 unspecified atom stereocenters. The number of nitrogens with one attached hydrogen (secondary N) is 1. The van der Waals surface area contributed by atoms with Crippen LogP contribution in [0.5, 0.6) is 0 Å². The summed E-state index contributed by atoms with van der Waals surface area (Å²) < 4.78 is 105. The van der Waals surface area contributed by atoms with Crippen LogP contribution in [0.15, 0.2) is 53.6 Å². The van der Waals surface area contributed by atoms with Gasteiger partial charge in [-0.3, -0.25) is 4.79 Å². The summed E-state index contributed by atoms with van der Waals surface area (Å²) in [5, 5.41) is 2.26. The van der Waals surface area contributed by atoms with Gasteiger partial charge in [0.05, 0.1) is 27.3 Å². The van der Waals surface area contributed by atoms with E-state index in [1.54, 1.807) is 0 Å². The number of carbonyl (C=O) groups excluding carboxylic acids is 1. The van der Waals surface area contributed by atoms with Crippen molar-refractivity contribution in [2.45, 2.75) is 24.2 Å². The number of aryl methyl sites for hydroxylation is 1. The van der Waals surface area contributed by atoms with Gasteiger partial charge in [-0.05, 0) is 36.8 Å². The van der Waals surface area contributed by atoms with Gasteiger partial charge in [-0.15, -0.1) is 0 Å². The number of benzene rings is 2. The van der Waals surface area contributed by atoms with Crippen molar-refractivity contribution in [3.8, 4) is 11.3 Å². The van der Waals surface area contributed by atoms with Crippen LogP contribution in [0.3, 0.4) is 0 Å². The van der Waals surface area contributed by atoms with Crippen LogP contribution in [-0.2, 0) is 29.2 Å². The molecule has 0 saturated heterocycles. The highest BCUT2D eigenvalue weighted by Crippen LogP contribution is 2.39. The van der Waals surface area contributed by atoms with Gasteiger partial charge >= 0.3 is 12.4 Å². The fourth-order valence-corrected chi connectivity index (χ4v) is 4.55. The maximum atomic E-state index is 13.5. The molecule has 182 valence electrons. The van der Waals surface area contributed by atoms with Gasteiger partial charge in [0.2, 0.25) is 0 Å². The average molecular weight is 504 g/mol. The van der Waals surface area contributed by atoms with Gasteiger partial charge in [0, 0.05) is 30.8 Å². The summed E-state index contributed by atoms with van der Waals surface area (Å²) in [5.74, 6) is -0.871. The predicted octanol–water partition coefficient (Wildman–Crippen LogP) is 5.69. The number of hydrogen-bond donors (Lipinski definition) is 1. The number of carbonyl (C=O) groups is 1. The fraction of sp³-hybridized carbons (Fsp3) is 0.227. The largest absolute Gasteiger partial charge is 0.417 e. The molecule has 0 radical (unpaired) electrons. The lowest BCUT2D eigenvalue weighted by Crippen LogP contribution is -2.16. The highest BCUT2D eigenvalue weighted by atomic mass is 32.2. The Kier molecular flexibility index (Phi) is 6.33. The lowest BCUT2D eigenvalue weighted by atomic mass is 10.00. The molecular formula is C22H18F6N2O3S. The first-order valence-corrected chi connectivity index (χ1v) is 11.5. The summed E-state index contributed by atoms with van der Waals surface area (Å²) >= 11 is 0. The van der Waals surface area contributed by atoms with E-state index in [4.69, 9.17) is 0 Å². The molecule has 2 aromatic carbocycles. The summed E-state index contributed by atoms with van der Waals surface area (Å²) in [7, 11) is -2.76. The van der Waals surface area contributed by atoms with Gasteiger partial charge in [-0.25, -0.2) is 8.42 Å². The molecule has 1 aromatic heterocycles. The molecule has 5 nitrogen and oxygen atoms in total. The summed E-state index contributed by atoms with van der Waals surface area (Å²) in [6.07, 6.45) is -7.76. The van der Waals surface area contributed by atoms with Crippen LogP contribution in [0.2, 0.25) is 0 Å². The van der Waals surface area contributed by atoms with Crippen molar-refractivity contribution in [2.24, 2.45) is 7.05 Å². The first-order valence-electron chi connectivity index (χ1n) is 9.57. The molecule has 12 heteroatoms. The molecule has 3 rings (SSSR count). The number of hydrogen-bond acceptors (Lipinski definition) is 3. The van der Waals surface area contributed by atoms with Crippen molar-refractivity contribution in [3.05, 3.63) is 70.9 Å². The van der Waals surface area contributed by atoms with Crippen LogP contribution in [0.1, 0.15) is 27.0 Å². The zero-order chi connectivity index (χ0) is 25.6. The monoisotopic (exact) mass is 504 g/mol. The first-order chi connectivity index (χ1) is 15.5. The Morgan fingerprint density at radius 1 is 0.941 bits per heavy atom. The Hall–Kier alpha value is -3.28. The maximum Gasteiger partial charge on any atom is 0.417 e. The number of anilines is 1. The lowest BCUT2D eigenvalue weighted by molar-refractivity contribution is -0.140. The Morgan fingerprint density at radius 2 is 1.53 bits per heavy atom. The van der Waals surface area contributed by atoms with E-state index >= 15 is 0 Å². The molecule has 0 aliphatic carbocycles. The second-order valence-corrected chi connectivity index (χ2v) is 9.59. The second-order valence-electron chi connectivity index (χ2n) is 7.61. The third kappa shape index (κ3) is 4.96. The molecule has 1 heterocycles. The molecule has 0 fully saturated rings. The third-order valence-electron chi connectivity index (χ3n) is 5.11. The molecule has 1 N–H and O–H groups in total. The van der Waals surface area contributed by atoms with E-state index in [-0.39, 0.29) is 28.1 Å². The Labute approximate surface area is 190 Å². The lowest BCUT2D eigenvalue weighted by Gasteiger charge is -2.15. The quantitative estimate of drug-likeness (QED) is 0.464. The molecule has 34 heavy (non-hydrogen) atoms. The van der Waals surface area contributed by atoms with Crippen molar-refractivity contribution in [1.29, 1.82) is 0 Å². The molecule has 3 aromatic rings. The van der Waals surface area contributed by atoms with Crippen LogP contribution in [0.4, 0.5) is 32.0 Å². The standard InChI is InChI=1S/C22H18F6N2O3S/c1-12-15(11-30(2)19(12)14-6-4-5-7-16(14)21(23,24)25)20(31)29-13-8-9-18(34(3,32)33)17(10-13)22(26,27)28/h4-11H,1-3H3,(H,29,31). The normalized spacial score (nSPS) is 12.6. The number of amides is 1. The Bertz CT molecular complexity index is 1370. The molecular weight excluding hydrogens is 486 g/mol. The summed E-state index contributed by atoms with van der Waals surface area (Å²) in [6.45, 7) is 1.42. The van der Waals surface area contributed by atoms with Crippen molar-refractivity contribution in [2.75, 3.05) is 11.6 Å². The third-order valence-corrected chi connectivity index (χ3v) is 6.26. The van der Waals surface area contributed by atoms with Gasteiger partial charge < -0.3 is 9.88 Å². The summed E-state index contributed by atoms with van der Waals surface area (Å²) in [5.41, 5.74) is -2.61. The number of nitrogens with zero attached hydrogens (tertiary/aromatic N) is 1. The number of sulfone groups is 1. The molecule has 0 saturated carbocycles. The SMILES string of the molecule is Cc1c(C(=O)Nc2ccc(S(C)(=O)=O)c(C(F)(F)F)c2)cn(C)c1-c1ccccc1C(F)(F)F. The van der Waals surface area contributed by atoms with Crippen molar-refractivity contribution < 1.29 is 39.6 Å². The van der Waals surface area contributed by atoms with Gasteiger partial charge in [0.25, 0.3) is 5.91 Å². The molecule has 0 bridgehead atoms. The Balaban J connectivity index is 2.03. The topological polar surface area (TPSA) is 68.2 Å². The van der Waals surface area contributed by atoms with Crippen molar-refractivity contribution >= 4 is 21.4 Å². The number of rotatable bonds is 4. The van der Waals surface area contributed by atoms with Crippen LogP contribution >= 0.6 is 0 Å². The number of aromatic nitrogens is 1. The van der Waals surface area contributed by atoms with Crippen LogP contribution < -0.4 is 5.32 Å². The highest BCUT2D eigenvalue weighted by Gasteiger charge is 2.37. The molecule has 0 spiro atoms. The van der Waals surface area contributed by atoms with E-state index in [0.29, 0.717) is 12.3 Å².